The lowest BCUT2D eigenvalue weighted by atomic mass is 10.3. The van der Waals surface area contributed by atoms with Crippen molar-refractivity contribution in [2.24, 2.45) is 0 Å². The predicted molar refractivity (Wildman–Crippen MR) is 66.7 cm³/mol. The van der Waals surface area contributed by atoms with Crippen molar-refractivity contribution in [3.8, 4) is 0 Å². The Morgan fingerprint density at radius 1 is 1.20 bits per heavy atom. The van der Waals surface area contributed by atoms with E-state index in [9.17, 15) is 4.79 Å². The lowest BCUT2D eigenvalue weighted by molar-refractivity contribution is 0.251. The summed E-state index contributed by atoms with van der Waals surface area (Å²) in [6.45, 7) is 6.44. The van der Waals surface area contributed by atoms with Crippen LogP contribution in [0.15, 0.2) is 30.3 Å². The smallest absolute Gasteiger partial charge is 0.313 e. The van der Waals surface area contributed by atoms with E-state index in [0.29, 0.717) is 0 Å². The van der Waals surface area contributed by atoms with E-state index in [1.807, 2.05) is 34.9 Å². The van der Waals surface area contributed by atoms with E-state index in [1.165, 1.54) is 0 Å². The quantitative estimate of drug-likeness (QED) is 0.767. The van der Waals surface area contributed by atoms with Crippen LogP contribution in [0, 0.1) is 0 Å². The lowest BCUT2D eigenvalue weighted by Crippen LogP contribution is -2.53. The molecule has 1 aromatic carbocycles. The van der Waals surface area contributed by atoms with Gasteiger partial charge in [0.1, 0.15) is 0 Å². The van der Waals surface area contributed by atoms with Crippen LogP contribution < -0.4 is 9.88 Å². The number of nitrogens with one attached hydrogen (secondary N) is 1. The molecule has 0 aromatic heterocycles. The number of urea groups is 1. The summed E-state index contributed by atoms with van der Waals surface area (Å²) in [5, 5.41) is 2.69. The summed E-state index contributed by atoms with van der Waals surface area (Å²) in [6.07, 6.45) is 0. The second-order valence-electron chi connectivity index (χ2n) is 4.40. The van der Waals surface area contributed by atoms with Crippen molar-refractivity contribution in [3.05, 3.63) is 30.3 Å². The molecule has 0 aliphatic heterocycles. The molecule has 0 aliphatic carbocycles. The molecule has 15 heavy (non-hydrogen) atoms. The third kappa shape index (κ3) is 2.83. The number of carbonyl (C=O) groups is 1. The third-order valence-electron chi connectivity index (χ3n) is 2.10. The molecule has 0 saturated carbocycles. The topological polar surface area (TPSA) is 32.3 Å². The highest BCUT2D eigenvalue weighted by atomic mass is 28.3. The van der Waals surface area contributed by atoms with Crippen LogP contribution in [0.4, 0.5) is 10.5 Å². The maximum absolute atomic E-state index is 11.8. The Balaban J connectivity index is 3.08. The van der Waals surface area contributed by atoms with Crippen molar-refractivity contribution in [3.63, 3.8) is 0 Å². The Morgan fingerprint density at radius 3 is 2.13 bits per heavy atom. The first-order valence-corrected chi connectivity index (χ1v) is 8.48. The number of anilines is 1. The van der Waals surface area contributed by atoms with Crippen LogP contribution in [-0.2, 0) is 0 Å². The normalized spacial score (nSPS) is 10.9. The number of hydrogen-bond donors (Lipinski definition) is 1. The number of para-hydroxylation sites is 1. The van der Waals surface area contributed by atoms with Crippen molar-refractivity contribution in [1.82, 2.24) is 5.32 Å². The molecule has 0 radical (unpaired) electrons. The molecule has 0 bridgehead atoms. The van der Waals surface area contributed by atoms with Gasteiger partial charge in [0.05, 0.1) is 0 Å². The van der Waals surface area contributed by atoms with Crippen molar-refractivity contribution < 1.29 is 4.79 Å². The summed E-state index contributed by atoms with van der Waals surface area (Å²) in [4.78, 5) is 11.8. The standard InChI is InChI=1S/C11H18N2OSi/c1-12-11(14)13(15(2,3)4)10-8-6-5-7-9-10/h5-9H,1-4H3,(H,12,14). The minimum Gasteiger partial charge on any atom is -0.341 e. The predicted octanol–water partition coefficient (Wildman–Crippen LogP) is 2.67. The van der Waals surface area contributed by atoms with E-state index in [2.05, 4.69) is 25.0 Å². The fraction of sp³-hybridized carbons (Fsp3) is 0.364. The van der Waals surface area contributed by atoms with Gasteiger partial charge in [0.2, 0.25) is 0 Å². The van der Waals surface area contributed by atoms with E-state index >= 15 is 0 Å². The average Bonchev–Trinajstić information content (AvgIpc) is 2.17. The van der Waals surface area contributed by atoms with Crippen LogP contribution in [0.25, 0.3) is 0 Å². The van der Waals surface area contributed by atoms with E-state index in [1.54, 1.807) is 7.05 Å². The second kappa shape index (κ2) is 4.48. The monoisotopic (exact) mass is 222 g/mol. The van der Waals surface area contributed by atoms with E-state index < -0.39 is 8.24 Å². The van der Waals surface area contributed by atoms with Gasteiger partial charge in [0.25, 0.3) is 0 Å². The molecule has 1 rings (SSSR count). The Hall–Kier alpha value is -1.29. The Labute approximate surface area is 92.2 Å². The zero-order valence-electron chi connectivity index (χ0n) is 9.74. The summed E-state index contributed by atoms with van der Waals surface area (Å²) in [7, 11) is -0.0251. The Kier molecular flexibility index (Phi) is 3.52. The molecular formula is C11H18N2OSi. The SMILES string of the molecule is CNC(=O)N(c1ccccc1)[Si](C)(C)C. The molecule has 1 aromatic rings. The fourth-order valence-corrected chi connectivity index (χ4v) is 3.14. The first-order chi connectivity index (χ1) is 6.96. The van der Waals surface area contributed by atoms with Gasteiger partial charge in [-0.05, 0) is 12.1 Å². The molecule has 0 fully saturated rings. The largest absolute Gasteiger partial charge is 0.341 e. The Morgan fingerprint density at radius 2 is 1.73 bits per heavy atom. The molecular weight excluding hydrogens is 204 g/mol. The number of benzene rings is 1. The molecule has 0 aliphatic rings. The van der Waals surface area contributed by atoms with Gasteiger partial charge >= 0.3 is 6.03 Å². The van der Waals surface area contributed by atoms with Gasteiger partial charge < -0.3 is 9.88 Å². The van der Waals surface area contributed by atoms with E-state index in [0.717, 1.165) is 5.69 Å². The van der Waals surface area contributed by atoms with E-state index in [-0.39, 0.29) is 6.03 Å². The minimum atomic E-state index is -1.69. The minimum absolute atomic E-state index is 0.0274. The maximum atomic E-state index is 11.8. The number of nitrogens with zero attached hydrogens (tertiary/aromatic N) is 1. The van der Waals surface area contributed by atoms with Crippen molar-refractivity contribution >= 4 is 20.0 Å². The van der Waals surface area contributed by atoms with Crippen LogP contribution in [0.1, 0.15) is 0 Å². The zero-order valence-corrected chi connectivity index (χ0v) is 10.7. The van der Waals surface area contributed by atoms with Gasteiger partial charge in [0.15, 0.2) is 8.24 Å². The second-order valence-corrected chi connectivity index (χ2v) is 9.19. The van der Waals surface area contributed by atoms with Gasteiger partial charge in [-0.25, -0.2) is 4.79 Å². The third-order valence-corrected chi connectivity index (χ3v) is 3.91. The number of hydrogen-bond acceptors (Lipinski definition) is 1. The highest BCUT2D eigenvalue weighted by Crippen LogP contribution is 2.20. The van der Waals surface area contributed by atoms with Crippen LogP contribution in [0.3, 0.4) is 0 Å². The van der Waals surface area contributed by atoms with Crippen molar-refractivity contribution in [1.29, 1.82) is 0 Å². The molecule has 82 valence electrons. The zero-order chi connectivity index (χ0) is 11.5. The summed E-state index contributed by atoms with van der Waals surface area (Å²) in [5.41, 5.74) is 0.969. The first kappa shape index (κ1) is 11.8. The van der Waals surface area contributed by atoms with Crippen molar-refractivity contribution in [2.75, 3.05) is 11.6 Å². The van der Waals surface area contributed by atoms with Crippen LogP contribution in [-0.4, -0.2) is 21.3 Å². The molecule has 0 saturated heterocycles. The van der Waals surface area contributed by atoms with Crippen LogP contribution >= 0.6 is 0 Å². The van der Waals surface area contributed by atoms with Crippen LogP contribution in [0.2, 0.25) is 19.6 Å². The fourth-order valence-electron chi connectivity index (χ4n) is 1.50. The van der Waals surface area contributed by atoms with E-state index in [4.69, 9.17) is 0 Å². The number of carbonyl (C=O) groups excluding carboxylic acids is 1. The molecule has 1 N–H and O–H groups in total. The van der Waals surface area contributed by atoms with Gasteiger partial charge in [0, 0.05) is 12.7 Å². The van der Waals surface area contributed by atoms with Gasteiger partial charge in [-0.2, -0.15) is 0 Å². The number of amides is 2. The van der Waals surface area contributed by atoms with Gasteiger partial charge in [-0.15, -0.1) is 0 Å². The summed E-state index contributed by atoms with van der Waals surface area (Å²) in [5.74, 6) is 0. The molecule has 0 unspecified atom stereocenters. The molecule has 0 heterocycles. The average molecular weight is 222 g/mol. The molecule has 0 atom stereocenters. The van der Waals surface area contributed by atoms with Gasteiger partial charge in [-0.1, -0.05) is 37.8 Å². The highest BCUT2D eigenvalue weighted by Gasteiger charge is 2.29. The summed E-state index contributed by atoms with van der Waals surface area (Å²) >= 11 is 0. The first-order valence-electron chi connectivity index (χ1n) is 5.04. The molecule has 2 amide bonds. The number of rotatable bonds is 2. The van der Waals surface area contributed by atoms with Crippen LogP contribution in [0.5, 0.6) is 0 Å². The lowest BCUT2D eigenvalue weighted by Gasteiger charge is -2.33. The Bertz CT molecular complexity index is 332. The maximum Gasteiger partial charge on any atom is 0.313 e. The van der Waals surface area contributed by atoms with Crippen molar-refractivity contribution in [2.45, 2.75) is 19.6 Å². The summed E-state index contributed by atoms with van der Waals surface area (Å²) in [6, 6.07) is 9.76. The molecule has 3 nitrogen and oxygen atoms in total. The highest BCUT2D eigenvalue weighted by molar-refractivity contribution is 6.83. The summed E-state index contributed by atoms with van der Waals surface area (Å²) < 4.78 is 1.88. The van der Waals surface area contributed by atoms with Gasteiger partial charge in [-0.3, -0.25) is 0 Å². The molecule has 4 heteroatoms. The molecule has 0 spiro atoms.